The van der Waals surface area contributed by atoms with Crippen molar-refractivity contribution in [3.8, 4) is 0 Å². The van der Waals surface area contributed by atoms with Crippen molar-refractivity contribution in [1.29, 1.82) is 0 Å². The molecule has 1 rings (SSSR count). The van der Waals surface area contributed by atoms with E-state index in [2.05, 4.69) is 18.0 Å². The van der Waals surface area contributed by atoms with E-state index in [9.17, 15) is 0 Å². The largest absolute Gasteiger partial charge is 0.292 e. The van der Waals surface area contributed by atoms with Gasteiger partial charge in [0, 0.05) is 18.6 Å². The SMILES string of the molecule is C[C@H]1C=C(CCl)C=NC1. The zero-order valence-electron chi connectivity index (χ0n) is 5.47. The predicted molar refractivity (Wildman–Crippen MR) is 41.3 cm³/mol. The molecule has 1 aliphatic heterocycles. The van der Waals surface area contributed by atoms with Crippen LogP contribution in [-0.2, 0) is 0 Å². The van der Waals surface area contributed by atoms with Gasteiger partial charge in [0.15, 0.2) is 0 Å². The molecule has 2 heteroatoms. The lowest BCUT2D eigenvalue weighted by Crippen LogP contribution is -2.04. The lowest BCUT2D eigenvalue weighted by atomic mass is 10.1. The van der Waals surface area contributed by atoms with Crippen molar-refractivity contribution in [2.24, 2.45) is 10.9 Å². The van der Waals surface area contributed by atoms with Crippen LogP contribution in [0.5, 0.6) is 0 Å². The second-order valence-corrected chi connectivity index (χ2v) is 2.61. The standard InChI is InChI=1S/C7H10ClN/c1-6-2-7(3-8)5-9-4-6/h2,5-6H,3-4H2,1H3/t6-/m0/s1. The van der Waals surface area contributed by atoms with E-state index in [0.29, 0.717) is 11.8 Å². The second kappa shape index (κ2) is 3.02. The van der Waals surface area contributed by atoms with Crippen LogP contribution < -0.4 is 0 Å². The Balaban J connectivity index is 2.59. The van der Waals surface area contributed by atoms with Crippen molar-refractivity contribution >= 4 is 17.8 Å². The van der Waals surface area contributed by atoms with Crippen molar-refractivity contribution in [1.82, 2.24) is 0 Å². The fraction of sp³-hybridized carbons (Fsp3) is 0.571. The normalized spacial score (nSPS) is 26.0. The molecule has 0 saturated heterocycles. The van der Waals surface area contributed by atoms with Crippen LogP contribution >= 0.6 is 11.6 Å². The summed E-state index contributed by atoms with van der Waals surface area (Å²) in [5.74, 6) is 1.16. The zero-order chi connectivity index (χ0) is 6.69. The first-order valence-electron chi connectivity index (χ1n) is 3.09. The number of halogens is 1. The minimum Gasteiger partial charge on any atom is -0.292 e. The molecule has 0 spiro atoms. The molecule has 1 heterocycles. The first-order valence-corrected chi connectivity index (χ1v) is 3.63. The average Bonchev–Trinajstić information content (AvgIpc) is 1.88. The zero-order valence-corrected chi connectivity index (χ0v) is 6.23. The van der Waals surface area contributed by atoms with Crippen LogP contribution in [0.25, 0.3) is 0 Å². The summed E-state index contributed by atoms with van der Waals surface area (Å²) in [6.45, 7) is 3.06. The van der Waals surface area contributed by atoms with Gasteiger partial charge in [-0.05, 0) is 11.5 Å². The van der Waals surface area contributed by atoms with Gasteiger partial charge in [0.1, 0.15) is 0 Å². The smallest absolute Gasteiger partial charge is 0.0486 e. The van der Waals surface area contributed by atoms with Gasteiger partial charge in [0.05, 0.1) is 0 Å². The minimum absolute atomic E-state index is 0.573. The third kappa shape index (κ3) is 1.83. The number of nitrogens with zero attached hydrogens (tertiary/aromatic N) is 1. The van der Waals surface area contributed by atoms with Crippen molar-refractivity contribution in [3.05, 3.63) is 11.6 Å². The molecule has 0 aromatic rings. The molecule has 1 aliphatic rings. The average molecular weight is 144 g/mol. The van der Waals surface area contributed by atoms with E-state index in [0.717, 1.165) is 12.1 Å². The van der Waals surface area contributed by atoms with E-state index in [1.807, 2.05) is 6.21 Å². The molecule has 0 bridgehead atoms. The molecule has 0 fully saturated rings. The van der Waals surface area contributed by atoms with Gasteiger partial charge in [-0.3, -0.25) is 4.99 Å². The van der Waals surface area contributed by atoms with Gasteiger partial charge in [0.2, 0.25) is 0 Å². The molecular formula is C7H10ClN. The summed E-state index contributed by atoms with van der Waals surface area (Å²) < 4.78 is 0. The van der Waals surface area contributed by atoms with E-state index in [1.165, 1.54) is 0 Å². The van der Waals surface area contributed by atoms with Crippen molar-refractivity contribution in [2.75, 3.05) is 12.4 Å². The van der Waals surface area contributed by atoms with E-state index in [1.54, 1.807) is 0 Å². The number of hydrogen-bond acceptors (Lipinski definition) is 1. The first-order chi connectivity index (χ1) is 4.33. The molecular weight excluding hydrogens is 134 g/mol. The summed E-state index contributed by atoms with van der Waals surface area (Å²) in [5.41, 5.74) is 1.15. The lowest BCUT2D eigenvalue weighted by molar-refractivity contribution is 0.731. The number of rotatable bonds is 1. The molecule has 0 aromatic heterocycles. The maximum absolute atomic E-state index is 5.59. The maximum atomic E-state index is 5.59. The second-order valence-electron chi connectivity index (χ2n) is 2.35. The van der Waals surface area contributed by atoms with Crippen LogP contribution in [-0.4, -0.2) is 18.6 Å². The predicted octanol–water partition coefficient (Wildman–Crippen LogP) is 1.87. The molecule has 1 atom stereocenters. The topological polar surface area (TPSA) is 12.4 Å². The van der Waals surface area contributed by atoms with Crippen LogP contribution in [0.1, 0.15) is 6.92 Å². The molecule has 0 radical (unpaired) electrons. The summed E-state index contributed by atoms with van der Waals surface area (Å²) in [5, 5.41) is 0. The summed E-state index contributed by atoms with van der Waals surface area (Å²) >= 11 is 5.59. The van der Waals surface area contributed by atoms with Gasteiger partial charge in [-0.25, -0.2) is 0 Å². The fourth-order valence-corrected chi connectivity index (χ4v) is 1.03. The Morgan fingerprint density at radius 3 is 3.11 bits per heavy atom. The summed E-state index contributed by atoms with van der Waals surface area (Å²) in [6, 6.07) is 0. The summed E-state index contributed by atoms with van der Waals surface area (Å²) in [4.78, 5) is 4.13. The Kier molecular flexibility index (Phi) is 2.29. The highest BCUT2D eigenvalue weighted by Crippen LogP contribution is 2.08. The van der Waals surface area contributed by atoms with Gasteiger partial charge in [-0.1, -0.05) is 13.0 Å². The minimum atomic E-state index is 0.573. The van der Waals surface area contributed by atoms with Gasteiger partial charge in [-0.2, -0.15) is 0 Å². The number of hydrogen-bond donors (Lipinski definition) is 0. The molecule has 0 unspecified atom stereocenters. The van der Waals surface area contributed by atoms with Crippen LogP contribution in [0.4, 0.5) is 0 Å². The number of dihydropyridines is 1. The monoisotopic (exact) mass is 143 g/mol. The van der Waals surface area contributed by atoms with Gasteiger partial charge in [0.25, 0.3) is 0 Å². The Morgan fingerprint density at radius 1 is 1.89 bits per heavy atom. The Morgan fingerprint density at radius 2 is 2.67 bits per heavy atom. The van der Waals surface area contributed by atoms with Crippen LogP contribution in [0.3, 0.4) is 0 Å². The maximum Gasteiger partial charge on any atom is 0.0486 e. The van der Waals surface area contributed by atoms with E-state index in [-0.39, 0.29) is 0 Å². The molecule has 1 nitrogen and oxygen atoms in total. The number of allylic oxidation sites excluding steroid dienone is 1. The van der Waals surface area contributed by atoms with Gasteiger partial charge >= 0.3 is 0 Å². The highest BCUT2D eigenvalue weighted by Gasteiger charge is 2.02. The number of alkyl halides is 1. The Labute approximate surface area is 60.4 Å². The third-order valence-electron chi connectivity index (χ3n) is 1.30. The molecule has 0 aromatic carbocycles. The van der Waals surface area contributed by atoms with E-state index in [4.69, 9.17) is 11.6 Å². The molecule has 0 aliphatic carbocycles. The van der Waals surface area contributed by atoms with E-state index < -0.39 is 0 Å². The highest BCUT2D eigenvalue weighted by atomic mass is 35.5. The van der Waals surface area contributed by atoms with Crippen LogP contribution in [0.15, 0.2) is 16.6 Å². The molecule has 0 amide bonds. The first kappa shape index (κ1) is 6.81. The van der Waals surface area contributed by atoms with Gasteiger partial charge < -0.3 is 0 Å². The van der Waals surface area contributed by atoms with Crippen molar-refractivity contribution < 1.29 is 0 Å². The molecule has 0 saturated carbocycles. The van der Waals surface area contributed by atoms with Crippen molar-refractivity contribution in [3.63, 3.8) is 0 Å². The van der Waals surface area contributed by atoms with Crippen LogP contribution in [0.2, 0.25) is 0 Å². The summed E-state index contributed by atoms with van der Waals surface area (Å²) in [6.07, 6.45) is 4.02. The third-order valence-corrected chi connectivity index (χ3v) is 1.61. The Hall–Kier alpha value is -0.300. The van der Waals surface area contributed by atoms with E-state index >= 15 is 0 Å². The summed E-state index contributed by atoms with van der Waals surface area (Å²) in [7, 11) is 0. The van der Waals surface area contributed by atoms with Gasteiger partial charge in [-0.15, -0.1) is 11.6 Å². The number of aliphatic imine (C=N–C) groups is 1. The quantitative estimate of drug-likeness (QED) is 0.497. The lowest BCUT2D eigenvalue weighted by Gasteiger charge is -2.08. The molecule has 50 valence electrons. The molecule has 0 N–H and O–H groups in total. The molecule has 9 heavy (non-hydrogen) atoms. The Bertz CT molecular complexity index is 149. The fourth-order valence-electron chi connectivity index (χ4n) is 0.876. The highest BCUT2D eigenvalue weighted by molar-refractivity contribution is 6.21. The van der Waals surface area contributed by atoms with Crippen LogP contribution in [0, 0.1) is 5.92 Å². The van der Waals surface area contributed by atoms with Crippen molar-refractivity contribution in [2.45, 2.75) is 6.92 Å².